The molecule has 0 fully saturated rings. The lowest BCUT2D eigenvalue weighted by Gasteiger charge is -2.14. The number of hydrogen-bond donors (Lipinski definition) is 5. The first-order valence-electron chi connectivity index (χ1n) is 8.81. The molecule has 0 aliphatic carbocycles. The molecule has 1 aliphatic heterocycles. The molecule has 158 valence electrons. The van der Waals surface area contributed by atoms with Crippen LogP contribution in [0.15, 0.2) is 53.9 Å². The SMILES string of the molecule is O=C(O)Nc1cnc(S(=O)(=O)Nc2ccc3c(c2)B(O)OC3)c(Nc2ncccn2)c1. The molecule has 0 radical (unpaired) electrons. The number of carbonyl (C=O) groups is 1. The molecule has 14 heteroatoms. The zero-order valence-electron chi connectivity index (χ0n) is 15.7. The van der Waals surface area contributed by atoms with Gasteiger partial charge in [-0.1, -0.05) is 6.07 Å². The van der Waals surface area contributed by atoms with Crippen molar-refractivity contribution in [2.45, 2.75) is 11.6 Å². The van der Waals surface area contributed by atoms with Gasteiger partial charge in [0.25, 0.3) is 10.0 Å². The van der Waals surface area contributed by atoms with Gasteiger partial charge in [0.15, 0.2) is 5.03 Å². The second kappa shape index (κ2) is 8.18. The summed E-state index contributed by atoms with van der Waals surface area (Å²) in [6.45, 7) is 0.230. The van der Waals surface area contributed by atoms with Gasteiger partial charge in [-0.25, -0.2) is 19.7 Å². The van der Waals surface area contributed by atoms with Crippen molar-refractivity contribution in [1.29, 1.82) is 0 Å². The minimum Gasteiger partial charge on any atom is -0.465 e. The Kier molecular flexibility index (Phi) is 5.41. The van der Waals surface area contributed by atoms with Gasteiger partial charge in [-0.3, -0.25) is 10.0 Å². The molecular formula is C17H15BN6O6S. The highest BCUT2D eigenvalue weighted by atomic mass is 32.2. The van der Waals surface area contributed by atoms with E-state index in [0.29, 0.717) is 5.46 Å². The molecule has 4 rings (SSSR count). The highest BCUT2D eigenvalue weighted by Gasteiger charge is 2.28. The summed E-state index contributed by atoms with van der Waals surface area (Å²) < 4.78 is 33.6. The molecule has 0 saturated heterocycles. The maximum atomic E-state index is 13.0. The fourth-order valence-corrected chi connectivity index (χ4v) is 4.04. The molecule has 1 aromatic carbocycles. The molecule has 3 aromatic rings. The van der Waals surface area contributed by atoms with Crippen molar-refractivity contribution in [2.24, 2.45) is 0 Å². The smallest absolute Gasteiger partial charge is 0.465 e. The van der Waals surface area contributed by atoms with Crippen LogP contribution in [0.3, 0.4) is 0 Å². The predicted octanol–water partition coefficient (Wildman–Crippen LogP) is 0.724. The van der Waals surface area contributed by atoms with E-state index < -0.39 is 28.3 Å². The third-order valence-electron chi connectivity index (χ3n) is 4.23. The average molecular weight is 442 g/mol. The largest absolute Gasteiger partial charge is 0.491 e. The van der Waals surface area contributed by atoms with Gasteiger partial charge in [-0.2, -0.15) is 8.42 Å². The number of pyridine rings is 1. The standard InChI is InChI=1S/C17H15BN6O6S/c25-17(26)22-12-7-14(23-16-19-4-1-5-20-16)15(21-8-12)31(28,29)24-11-3-2-10-9-30-18(27)13(10)6-11/h1-8,22,24,27H,9H2,(H,25,26)(H,19,20,23). The summed E-state index contributed by atoms with van der Waals surface area (Å²) in [4.78, 5) is 22.8. The van der Waals surface area contributed by atoms with Crippen molar-refractivity contribution in [2.75, 3.05) is 15.4 Å². The molecule has 0 bridgehead atoms. The number of aromatic nitrogens is 3. The number of amides is 1. The van der Waals surface area contributed by atoms with Crippen LogP contribution in [0.4, 0.5) is 27.8 Å². The summed E-state index contributed by atoms with van der Waals surface area (Å²) in [6, 6.07) is 7.49. The minimum atomic E-state index is -4.22. The van der Waals surface area contributed by atoms with Gasteiger partial charge in [-0.05, 0) is 35.3 Å². The van der Waals surface area contributed by atoms with Crippen LogP contribution in [0.5, 0.6) is 0 Å². The Morgan fingerprint density at radius 2 is 1.90 bits per heavy atom. The molecular weight excluding hydrogens is 427 g/mol. The summed E-state index contributed by atoms with van der Waals surface area (Å²) >= 11 is 0. The number of nitrogens with one attached hydrogen (secondary N) is 3. The first kappa shape index (κ1) is 20.5. The van der Waals surface area contributed by atoms with E-state index in [0.717, 1.165) is 11.8 Å². The first-order chi connectivity index (χ1) is 14.8. The second-order valence-electron chi connectivity index (χ2n) is 6.39. The Morgan fingerprint density at radius 1 is 1.13 bits per heavy atom. The van der Waals surface area contributed by atoms with Gasteiger partial charge in [0.05, 0.1) is 24.2 Å². The number of fused-ring (bicyclic) bond motifs is 1. The van der Waals surface area contributed by atoms with Crippen LogP contribution in [0.25, 0.3) is 0 Å². The topological polar surface area (TPSA) is 176 Å². The maximum Gasteiger partial charge on any atom is 0.491 e. The molecule has 2 aromatic heterocycles. The van der Waals surface area contributed by atoms with Gasteiger partial charge in [0, 0.05) is 18.1 Å². The van der Waals surface area contributed by atoms with Crippen LogP contribution < -0.4 is 20.8 Å². The van der Waals surface area contributed by atoms with E-state index in [9.17, 15) is 18.2 Å². The average Bonchev–Trinajstić information content (AvgIpc) is 3.08. The number of benzene rings is 1. The lowest BCUT2D eigenvalue weighted by molar-refractivity contribution is 0.209. The van der Waals surface area contributed by atoms with Gasteiger partial charge < -0.3 is 20.1 Å². The summed E-state index contributed by atoms with van der Waals surface area (Å²) in [7, 11) is -5.35. The fraction of sp³-hybridized carbons (Fsp3) is 0.0588. The number of hydrogen-bond acceptors (Lipinski definition) is 9. The molecule has 0 atom stereocenters. The highest BCUT2D eigenvalue weighted by Crippen LogP contribution is 2.27. The Bertz CT molecular complexity index is 1240. The van der Waals surface area contributed by atoms with Crippen LogP contribution >= 0.6 is 0 Å². The van der Waals surface area contributed by atoms with E-state index in [2.05, 4.69) is 30.3 Å². The molecule has 0 spiro atoms. The third-order valence-corrected chi connectivity index (χ3v) is 5.57. The lowest BCUT2D eigenvalue weighted by atomic mass is 9.79. The monoisotopic (exact) mass is 442 g/mol. The normalized spacial score (nSPS) is 12.9. The van der Waals surface area contributed by atoms with Crippen molar-refractivity contribution >= 4 is 51.7 Å². The Hall–Kier alpha value is -3.75. The quantitative estimate of drug-likeness (QED) is 0.342. The highest BCUT2D eigenvalue weighted by molar-refractivity contribution is 7.92. The molecule has 5 N–H and O–H groups in total. The number of carboxylic acid groups (broad SMARTS) is 1. The summed E-state index contributed by atoms with van der Waals surface area (Å²) in [6.07, 6.45) is 2.63. The molecule has 0 unspecified atom stereocenters. The zero-order valence-corrected chi connectivity index (χ0v) is 16.5. The molecule has 12 nitrogen and oxygen atoms in total. The van der Waals surface area contributed by atoms with Gasteiger partial charge >= 0.3 is 13.2 Å². The van der Waals surface area contributed by atoms with E-state index in [4.69, 9.17) is 9.76 Å². The minimum absolute atomic E-state index is 0.0442. The number of sulfonamides is 1. The van der Waals surface area contributed by atoms with Crippen LogP contribution in [-0.4, -0.2) is 46.7 Å². The van der Waals surface area contributed by atoms with Crippen molar-refractivity contribution < 1.29 is 28.0 Å². The van der Waals surface area contributed by atoms with E-state index in [1.165, 1.54) is 30.6 Å². The maximum absolute atomic E-state index is 13.0. The van der Waals surface area contributed by atoms with Crippen molar-refractivity contribution in [3.8, 4) is 0 Å². The second-order valence-corrected chi connectivity index (χ2v) is 7.98. The summed E-state index contributed by atoms with van der Waals surface area (Å²) in [5, 5.41) is 23.2. The summed E-state index contributed by atoms with van der Waals surface area (Å²) in [5.41, 5.74) is 1.41. The Labute approximate surface area is 176 Å². The molecule has 3 heterocycles. The first-order valence-corrected chi connectivity index (χ1v) is 10.3. The van der Waals surface area contributed by atoms with Gasteiger partial charge in [0.2, 0.25) is 5.95 Å². The van der Waals surface area contributed by atoms with E-state index in [1.807, 2.05) is 0 Å². The molecule has 1 aliphatic rings. The van der Waals surface area contributed by atoms with Gasteiger partial charge in [0.1, 0.15) is 0 Å². The van der Waals surface area contributed by atoms with Crippen LogP contribution in [0.2, 0.25) is 0 Å². The molecule has 31 heavy (non-hydrogen) atoms. The van der Waals surface area contributed by atoms with E-state index in [1.54, 1.807) is 12.1 Å². The molecule has 0 saturated carbocycles. The zero-order chi connectivity index (χ0) is 22.0. The predicted molar refractivity (Wildman–Crippen MR) is 111 cm³/mol. The number of rotatable bonds is 6. The lowest BCUT2D eigenvalue weighted by Crippen LogP contribution is -2.28. The fourth-order valence-electron chi connectivity index (χ4n) is 2.91. The van der Waals surface area contributed by atoms with Crippen LogP contribution in [0, 0.1) is 0 Å². The van der Waals surface area contributed by atoms with Gasteiger partial charge in [-0.15, -0.1) is 0 Å². The summed E-state index contributed by atoms with van der Waals surface area (Å²) in [5.74, 6) is 0.0889. The van der Waals surface area contributed by atoms with Crippen LogP contribution in [0.1, 0.15) is 5.56 Å². The Morgan fingerprint density at radius 3 is 2.65 bits per heavy atom. The van der Waals surface area contributed by atoms with E-state index >= 15 is 0 Å². The third kappa shape index (κ3) is 4.55. The number of nitrogens with zero attached hydrogens (tertiary/aromatic N) is 3. The van der Waals surface area contributed by atoms with Crippen LogP contribution in [-0.2, 0) is 21.3 Å². The molecule has 1 amide bonds. The van der Waals surface area contributed by atoms with Crippen molar-refractivity contribution in [3.63, 3.8) is 0 Å². The van der Waals surface area contributed by atoms with Crippen molar-refractivity contribution in [3.05, 3.63) is 54.5 Å². The Balaban J connectivity index is 1.69. The van der Waals surface area contributed by atoms with Crippen molar-refractivity contribution in [1.82, 2.24) is 15.0 Å². The number of anilines is 4. The van der Waals surface area contributed by atoms with E-state index in [-0.39, 0.29) is 29.6 Å².